The van der Waals surface area contributed by atoms with E-state index in [-0.39, 0.29) is 11.7 Å². The number of aromatic nitrogens is 1. The Morgan fingerprint density at radius 2 is 1.96 bits per heavy atom. The zero-order chi connectivity index (χ0) is 16.8. The number of nitrogens with one attached hydrogen (secondary N) is 3. The summed E-state index contributed by atoms with van der Waals surface area (Å²) >= 11 is 0. The lowest BCUT2D eigenvalue weighted by Gasteiger charge is -2.06. The number of H-pyrrole nitrogens is 1. The second kappa shape index (κ2) is 7.75. The molecule has 0 aliphatic carbocycles. The van der Waals surface area contributed by atoms with Gasteiger partial charge in [0.2, 0.25) is 5.91 Å². The molecule has 1 aromatic heterocycles. The molecule has 0 saturated heterocycles. The van der Waals surface area contributed by atoms with Crippen LogP contribution in [0.25, 0.3) is 10.9 Å². The molecule has 4 nitrogen and oxygen atoms in total. The molecule has 24 heavy (non-hydrogen) atoms. The monoisotopic (exact) mass is 325 g/mol. The predicted molar refractivity (Wildman–Crippen MR) is 94.5 cm³/mol. The topological polar surface area (TPSA) is 56.9 Å². The molecule has 1 amide bonds. The number of anilines is 1. The van der Waals surface area contributed by atoms with Crippen molar-refractivity contribution < 1.29 is 9.18 Å². The van der Waals surface area contributed by atoms with Gasteiger partial charge in [-0.25, -0.2) is 4.39 Å². The highest BCUT2D eigenvalue weighted by molar-refractivity contribution is 5.90. The fourth-order valence-electron chi connectivity index (χ4n) is 2.68. The first-order valence-electron chi connectivity index (χ1n) is 8.03. The number of hydrogen-bond acceptors (Lipinski definition) is 2. The third-order valence-corrected chi connectivity index (χ3v) is 3.88. The van der Waals surface area contributed by atoms with Crippen LogP contribution in [0.3, 0.4) is 0 Å². The molecule has 2 aromatic carbocycles. The zero-order valence-corrected chi connectivity index (χ0v) is 13.3. The molecule has 1 heterocycles. The van der Waals surface area contributed by atoms with Crippen LogP contribution in [0.15, 0.2) is 54.7 Å². The van der Waals surface area contributed by atoms with Crippen LogP contribution in [0, 0.1) is 5.82 Å². The van der Waals surface area contributed by atoms with Gasteiger partial charge in [-0.05, 0) is 42.8 Å². The molecule has 0 spiro atoms. The van der Waals surface area contributed by atoms with Gasteiger partial charge in [0.05, 0.1) is 0 Å². The first kappa shape index (κ1) is 16.2. The molecule has 3 aromatic rings. The van der Waals surface area contributed by atoms with E-state index in [2.05, 4.69) is 27.8 Å². The summed E-state index contributed by atoms with van der Waals surface area (Å²) in [4.78, 5) is 15.1. The molecule has 0 saturated carbocycles. The van der Waals surface area contributed by atoms with Crippen LogP contribution in [-0.4, -0.2) is 24.0 Å². The van der Waals surface area contributed by atoms with Crippen molar-refractivity contribution in [2.75, 3.05) is 18.4 Å². The van der Waals surface area contributed by atoms with Gasteiger partial charge in [-0.3, -0.25) is 4.79 Å². The summed E-state index contributed by atoms with van der Waals surface area (Å²) in [6.45, 7) is 1.39. The minimum absolute atomic E-state index is 0.125. The Morgan fingerprint density at radius 3 is 2.83 bits per heavy atom. The molecule has 0 atom stereocenters. The number of halogens is 1. The number of carbonyl (C=O) groups excluding carboxylic acids is 1. The quantitative estimate of drug-likeness (QED) is 0.583. The van der Waals surface area contributed by atoms with Crippen molar-refractivity contribution in [1.82, 2.24) is 10.3 Å². The Kier molecular flexibility index (Phi) is 5.23. The maximum atomic E-state index is 13.0. The highest BCUT2D eigenvalue weighted by atomic mass is 19.1. The second-order valence-electron chi connectivity index (χ2n) is 5.67. The van der Waals surface area contributed by atoms with E-state index >= 15 is 0 Å². The van der Waals surface area contributed by atoms with Crippen LogP contribution in [0.5, 0.6) is 0 Å². The first-order valence-corrected chi connectivity index (χ1v) is 8.03. The summed E-state index contributed by atoms with van der Waals surface area (Å²) in [5, 5.41) is 7.19. The molecule has 5 heteroatoms. The molecule has 0 aliphatic heterocycles. The van der Waals surface area contributed by atoms with E-state index in [1.807, 2.05) is 18.3 Å². The predicted octanol–water partition coefficient (Wildman–Crippen LogP) is 3.47. The maximum absolute atomic E-state index is 13.0. The lowest BCUT2D eigenvalue weighted by atomic mass is 10.1. The normalized spacial score (nSPS) is 10.9. The van der Waals surface area contributed by atoms with E-state index in [9.17, 15) is 9.18 Å². The number of hydrogen-bond donors (Lipinski definition) is 3. The largest absolute Gasteiger partial charge is 0.361 e. The summed E-state index contributed by atoms with van der Waals surface area (Å²) in [5.41, 5.74) is 2.89. The van der Waals surface area contributed by atoms with Crippen molar-refractivity contribution in [1.29, 1.82) is 0 Å². The summed E-state index contributed by atoms with van der Waals surface area (Å²) in [7, 11) is 0. The van der Waals surface area contributed by atoms with Gasteiger partial charge in [-0.1, -0.05) is 24.3 Å². The van der Waals surface area contributed by atoms with Crippen LogP contribution < -0.4 is 10.6 Å². The van der Waals surface area contributed by atoms with E-state index < -0.39 is 0 Å². The number of amides is 1. The Labute approximate surface area is 140 Å². The fourth-order valence-corrected chi connectivity index (χ4v) is 2.68. The van der Waals surface area contributed by atoms with Crippen LogP contribution in [0.4, 0.5) is 10.1 Å². The van der Waals surface area contributed by atoms with Crippen LogP contribution in [0.1, 0.15) is 12.0 Å². The van der Waals surface area contributed by atoms with Gasteiger partial charge in [-0.2, -0.15) is 0 Å². The minimum Gasteiger partial charge on any atom is -0.361 e. The van der Waals surface area contributed by atoms with E-state index in [4.69, 9.17) is 0 Å². The molecular weight excluding hydrogens is 305 g/mol. The number of rotatable bonds is 7. The van der Waals surface area contributed by atoms with Crippen molar-refractivity contribution >= 4 is 22.5 Å². The van der Waals surface area contributed by atoms with Crippen LogP contribution in [-0.2, 0) is 11.2 Å². The molecule has 0 fully saturated rings. The number of fused-ring (bicyclic) bond motifs is 1. The summed E-state index contributed by atoms with van der Waals surface area (Å²) in [6, 6.07) is 14.1. The van der Waals surface area contributed by atoms with Gasteiger partial charge < -0.3 is 15.6 Å². The van der Waals surface area contributed by atoms with Crippen molar-refractivity contribution in [3.63, 3.8) is 0 Å². The highest BCUT2D eigenvalue weighted by Crippen LogP contribution is 2.17. The standard InChI is InChI=1S/C19H20FN3O/c20-15-4-3-5-16(12-15)23-19(24)9-11-21-10-8-14-13-22-18-7-2-1-6-17(14)18/h1-7,12-13,21-22H,8-11H2,(H,23,24). The first-order chi connectivity index (χ1) is 11.7. The van der Waals surface area contributed by atoms with Crippen molar-refractivity contribution in [2.45, 2.75) is 12.8 Å². The summed E-state index contributed by atoms with van der Waals surface area (Å²) in [6.07, 6.45) is 3.28. The Morgan fingerprint density at radius 1 is 1.08 bits per heavy atom. The molecule has 0 radical (unpaired) electrons. The van der Waals surface area contributed by atoms with Crippen LogP contribution in [0.2, 0.25) is 0 Å². The number of benzene rings is 2. The lowest BCUT2D eigenvalue weighted by Crippen LogP contribution is -2.23. The highest BCUT2D eigenvalue weighted by Gasteiger charge is 2.04. The Hall–Kier alpha value is -2.66. The molecular formula is C19H20FN3O. The van der Waals surface area contributed by atoms with Gasteiger partial charge in [0, 0.05) is 35.8 Å². The Balaban J connectivity index is 1.38. The van der Waals surface area contributed by atoms with E-state index in [1.165, 1.54) is 23.1 Å². The van der Waals surface area contributed by atoms with Gasteiger partial charge in [0.25, 0.3) is 0 Å². The molecule has 0 aliphatic rings. The summed E-state index contributed by atoms with van der Waals surface area (Å²) in [5.74, 6) is -0.482. The molecule has 124 valence electrons. The average Bonchev–Trinajstić information content (AvgIpc) is 2.98. The third-order valence-electron chi connectivity index (χ3n) is 3.88. The average molecular weight is 325 g/mol. The maximum Gasteiger partial charge on any atom is 0.225 e. The van der Waals surface area contributed by atoms with Gasteiger partial charge in [0.15, 0.2) is 0 Å². The lowest BCUT2D eigenvalue weighted by molar-refractivity contribution is -0.116. The second-order valence-corrected chi connectivity index (χ2v) is 5.67. The molecule has 3 rings (SSSR count). The zero-order valence-electron chi connectivity index (χ0n) is 13.3. The third kappa shape index (κ3) is 4.20. The molecule has 3 N–H and O–H groups in total. The van der Waals surface area contributed by atoms with Gasteiger partial charge in [0.1, 0.15) is 5.82 Å². The molecule has 0 unspecified atom stereocenters. The number of carbonyl (C=O) groups is 1. The minimum atomic E-state index is -0.357. The SMILES string of the molecule is O=C(CCNCCc1c[nH]c2ccccc12)Nc1cccc(F)c1. The number of aromatic amines is 1. The smallest absolute Gasteiger partial charge is 0.225 e. The van der Waals surface area contributed by atoms with E-state index in [1.54, 1.807) is 12.1 Å². The number of para-hydroxylation sites is 1. The van der Waals surface area contributed by atoms with E-state index in [0.717, 1.165) is 18.5 Å². The van der Waals surface area contributed by atoms with Crippen molar-refractivity contribution in [2.24, 2.45) is 0 Å². The fraction of sp³-hybridized carbons (Fsp3) is 0.211. The van der Waals surface area contributed by atoms with Gasteiger partial charge in [-0.15, -0.1) is 0 Å². The molecule has 0 bridgehead atoms. The van der Waals surface area contributed by atoms with E-state index in [0.29, 0.717) is 18.7 Å². The van der Waals surface area contributed by atoms with Crippen molar-refractivity contribution in [3.05, 3.63) is 66.1 Å². The summed E-state index contributed by atoms with van der Waals surface area (Å²) < 4.78 is 13.0. The van der Waals surface area contributed by atoms with Gasteiger partial charge >= 0.3 is 0 Å². The van der Waals surface area contributed by atoms with Crippen molar-refractivity contribution in [3.8, 4) is 0 Å². The Bertz CT molecular complexity index is 828. The van der Waals surface area contributed by atoms with Crippen LogP contribution >= 0.6 is 0 Å².